The Morgan fingerprint density at radius 3 is 2.70 bits per heavy atom. The molecule has 46 heavy (non-hydrogen) atoms. The smallest absolute Gasteiger partial charge is 0.227 e. The van der Waals surface area contributed by atoms with E-state index in [0.29, 0.717) is 43.1 Å². The van der Waals surface area contributed by atoms with Crippen LogP contribution in [-0.2, 0) is 20.7 Å². The van der Waals surface area contributed by atoms with Crippen molar-refractivity contribution in [1.29, 1.82) is 5.26 Å². The standard InChI is InChI=1S/C34H35N7O5/c1-20-2-3-21(12-36-20)8-31(43)41-25-9-26(41)16-39(15-25)30-5-4-22(13-37-30)28-10-27(17-40-32(28)24(11-35)14-38-40)44-7-6-23-18-45-34-29(42)19-46-33(23)34/h2-5,10,12-14,17,23,25-26,29,33-34,42H,6-9,15-16,18-19H2,1H3. The molecule has 6 unspecified atom stereocenters. The zero-order valence-corrected chi connectivity index (χ0v) is 25.5. The molecule has 0 radical (unpaired) electrons. The van der Waals surface area contributed by atoms with Gasteiger partial charge in [0, 0.05) is 48.2 Å². The predicted molar refractivity (Wildman–Crippen MR) is 166 cm³/mol. The number of anilines is 1. The van der Waals surface area contributed by atoms with Gasteiger partial charge in [0.05, 0.1) is 67.9 Å². The molecule has 9 rings (SSSR count). The summed E-state index contributed by atoms with van der Waals surface area (Å²) < 4.78 is 19.4. The van der Waals surface area contributed by atoms with Crippen molar-refractivity contribution < 1.29 is 24.1 Å². The first-order valence-corrected chi connectivity index (χ1v) is 15.8. The van der Waals surface area contributed by atoms with Crippen molar-refractivity contribution in [1.82, 2.24) is 24.5 Å². The molecule has 5 aliphatic heterocycles. The molecule has 1 N–H and O–H groups in total. The van der Waals surface area contributed by atoms with Crippen molar-refractivity contribution in [2.75, 3.05) is 37.8 Å². The lowest BCUT2D eigenvalue weighted by atomic mass is 9.86. The largest absolute Gasteiger partial charge is 0.492 e. The van der Waals surface area contributed by atoms with E-state index in [1.807, 2.05) is 48.4 Å². The molecule has 0 spiro atoms. The van der Waals surface area contributed by atoms with E-state index in [9.17, 15) is 15.2 Å². The Morgan fingerprint density at radius 1 is 1.09 bits per heavy atom. The van der Waals surface area contributed by atoms with Crippen molar-refractivity contribution in [3.8, 4) is 22.9 Å². The van der Waals surface area contributed by atoms with Gasteiger partial charge in [-0.05, 0) is 49.6 Å². The van der Waals surface area contributed by atoms with Crippen LogP contribution < -0.4 is 9.64 Å². The van der Waals surface area contributed by atoms with Crippen LogP contribution in [0.5, 0.6) is 5.75 Å². The number of fused-ring (bicyclic) bond motifs is 4. The number of carbonyl (C=O) groups is 1. The van der Waals surface area contributed by atoms with E-state index >= 15 is 0 Å². The third kappa shape index (κ3) is 5.14. The van der Waals surface area contributed by atoms with Gasteiger partial charge in [0.1, 0.15) is 29.8 Å². The normalized spacial score (nSPS) is 26.5. The fourth-order valence-corrected chi connectivity index (χ4v) is 7.42. The first kappa shape index (κ1) is 28.9. The molecule has 6 atom stereocenters. The number of rotatable bonds is 8. The van der Waals surface area contributed by atoms with Crippen LogP contribution in [0.4, 0.5) is 5.82 Å². The topological polar surface area (TPSA) is 138 Å². The minimum absolute atomic E-state index is 0.101. The molecule has 0 aromatic carbocycles. The molecule has 0 aliphatic carbocycles. The van der Waals surface area contributed by atoms with Crippen LogP contribution in [0.1, 0.15) is 29.7 Å². The summed E-state index contributed by atoms with van der Waals surface area (Å²) in [5.41, 5.74) is 4.71. The lowest BCUT2D eigenvalue weighted by molar-refractivity contribution is -0.145. The summed E-state index contributed by atoms with van der Waals surface area (Å²) in [6, 6.07) is 12.5. The molecule has 9 heterocycles. The number of nitrogens with zero attached hydrogens (tertiary/aromatic N) is 7. The molecule has 4 aromatic rings. The highest BCUT2D eigenvalue weighted by Gasteiger charge is 2.48. The van der Waals surface area contributed by atoms with Gasteiger partial charge >= 0.3 is 0 Å². The van der Waals surface area contributed by atoms with Crippen LogP contribution in [0.2, 0.25) is 0 Å². The first-order valence-electron chi connectivity index (χ1n) is 15.8. The van der Waals surface area contributed by atoms with Crippen molar-refractivity contribution >= 4 is 17.2 Å². The Kier molecular flexibility index (Phi) is 7.32. The summed E-state index contributed by atoms with van der Waals surface area (Å²) in [6.07, 6.45) is 8.15. The van der Waals surface area contributed by atoms with Crippen LogP contribution >= 0.6 is 0 Å². The lowest BCUT2D eigenvalue weighted by Crippen LogP contribution is -2.70. The third-order valence-electron chi connectivity index (χ3n) is 9.79. The second kappa shape index (κ2) is 11.7. The number of aryl methyl sites for hydroxylation is 1. The molecule has 2 bridgehead atoms. The summed E-state index contributed by atoms with van der Waals surface area (Å²) in [5.74, 6) is 1.81. The van der Waals surface area contributed by atoms with E-state index < -0.39 is 6.10 Å². The molecule has 5 saturated heterocycles. The third-order valence-corrected chi connectivity index (χ3v) is 9.79. The second-order valence-electron chi connectivity index (χ2n) is 12.8. The van der Waals surface area contributed by atoms with Gasteiger partial charge in [-0.3, -0.25) is 9.78 Å². The Balaban J connectivity index is 0.950. The van der Waals surface area contributed by atoms with E-state index in [1.165, 1.54) is 0 Å². The molecule has 4 aromatic heterocycles. The van der Waals surface area contributed by atoms with E-state index in [2.05, 4.69) is 21.1 Å². The van der Waals surface area contributed by atoms with Crippen molar-refractivity contribution in [2.24, 2.45) is 5.92 Å². The monoisotopic (exact) mass is 621 g/mol. The maximum atomic E-state index is 13.1. The summed E-state index contributed by atoms with van der Waals surface area (Å²) in [7, 11) is 0. The van der Waals surface area contributed by atoms with Crippen LogP contribution in [0.15, 0.2) is 55.1 Å². The number of pyridine rings is 3. The van der Waals surface area contributed by atoms with Crippen LogP contribution in [0.25, 0.3) is 16.6 Å². The predicted octanol–water partition coefficient (Wildman–Crippen LogP) is 2.55. The zero-order valence-electron chi connectivity index (χ0n) is 25.5. The molecular weight excluding hydrogens is 586 g/mol. The van der Waals surface area contributed by atoms with E-state index in [4.69, 9.17) is 19.2 Å². The average Bonchev–Trinajstić information content (AvgIpc) is 3.78. The number of ether oxygens (including phenoxy) is 3. The fraction of sp³-hybridized carbons (Fsp3) is 0.441. The molecule has 0 saturated carbocycles. The number of amides is 1. The number of hydrogen-bond acceptors (Lipinski definition) is 10. The Labute approximate surface area is 266 Å². The van der Waals surface area contributed by atoms with E-state index in [0.717, 1.165) is 54.1 Å². The molecule has 5 aliphatic rings. The van der Waals surface area contributed by atoms with E-state index in [-0.39, 0.29) is 36.1 Å². The minimum Gasteiger partial charge on any atom is -0.492 e. The molecule has 12 nitrogen and oxygen atoms in total. The molecule has 5 fully saturated rings. The van der Waals surface area contributed by atoms with Crippen molar-refractivity contribution in [3.05, 3.63) is 71.9 Å². The van der Waals surface area contributed by atoms with Gasteiger partial charge in [-0.25, -0.2) is 9.50 Å². The van der Waals surface area contributed by atoms with Gasteiger partial charge in [0.25, 0.3) is 0 Å². The maximum absolute atomic E-state index is 13.1. The zero-order chi connectivity index (χ0) is 31.4. The summed E-state index contributed by atoms with van der Waals surface area (Å²) in [4.78, 5) is 26.5. The Bertz CT molecular complexity index is 1790. The number of aliphatic hydroxyl groups excluding tert-OH is 1. The summed E-state index contributed by atoms with van der Waals surface area (Å²) in [5, 5.41) is 24.2. The van der Waals surface area contributed by atoms with Gasteiger partial charge in [-0.2, -0.15) is 10.4 Å². The summed E-state index contributed by atoms with van der Waals surface area (Å²) >= 11 is 0. The van der Waals surface area contributed by atoms with Crippen molar-refractivity contribution in [2.45, 2.75) is 56.6 Å². The first-order chi connectivity index (χ1) is 22.4. The second-order valence-corrected chi connectivity index (χ2v) is 12.8. The van der Waals surface area contributed by atoms with Crippen LogP contribution in [-0.4, -0.2) is 98.8 Å². The van der Waals surface area contributed by atoms with Crippen molar-refractivity contribution in [3.63, 3.8) is 0 Å². The Morgan fingerprint density at radius 2 is 1.93 bits per heavy atom. The van der Waals surface area contributed by atoms with Gasteiger partial charge < -0.3 is 29.1 Å². The number of aromatic nitrogens is 4. The highest BCUT2D eigenvalue weighted by molar-refractivity contribution is 5.85. The highest BCUT2D eigenvalue weighted by Crippen LogP contribution is 2.37. The van der Waals surface area contributed by atoms with Gasteiger partial charge in [0.2, 0.25) is 5.91 Å². The molecule has 1 amide bonds. The fourth-order valence-electron chi connectivity index (χ4n) is 7.42. The number of carbonyl (C=O) groups excluding carboxylic acids is 1. The lowest BCUT2D eigenvalue weighted by Gasteiger charge is -2.56. The SMILES string of the molecule is Cc1ccc(CC(=O)N2C3CC2CN(c2ccc(-c4cc(OCCC5COC6C(O)COC56)cn5ncc(C#N)c45)cn2)C3)cn1. The number of piperazine rings is 1. The van der Waals surface area contributed by atoms with Crippen LogP contribution in [0, 0.1) is 24.2 Å². The number of piperidine rings is 1. The van der Waals surface area contributed by atoms with E-state index in [1.54, 1.807) is 23.1 Å². The maximum Gasteiger partial charge on any atom is 0.227 e. The van der Waals surface area contributed by atoms with Crippen LogP contribution in [0.3, 0.4) is 0 Å². The van der Waals surface area contributed by atoms with Gasteiger partial charge in [-0.15, -0.1) is 0 Å². The number of hydrogen-bond donors (Lipinski definition) is 1. The van der Waals surface area contributed by atoms with Gasteiger partial charge in [-0.1, -0.05) is 6.07 Å². The minimum atomic E-state index is -0.568. The Hall–Kier alpha value is -4.57. The molecule has 12 heteroatoms. The highest BCUT2D eigenvalue weighted by atomic mass is 16.6. The molecular formula is C34H35N7O5. The van der Waals surface area contributed by atoms with Gasteiger partial charge in [0.15, 0.2) is 0 Å². The molecule has 236 valence electrons. The quantitative estimate of drug-likeness (QED) is 0.312. The average molecular weight is 622 g/mol. The number of nitriles is 1. The summed E-state index contributed by atoms with van der Waals surface area (Å²) in [6.45, 7) is 4.73. The number of aliphatic hydroxyl groups is 1.